The van der Waals surface area contributed by atoms with E-state index in [4.69, 9.17) is 9.47 Å². The van der Waals surface area contributed by atoms with Crippen LogP contribution in [0.5, 0.6) is 5.75 Å². The number of carbonyl (C=O) groups excluding carboxylic acids is 2. The summed E-state index contributed by atoms with van der Waals surface area (Å²) in [7, 11) is 1.58. The van der Waals surface area contributed by atoms with Crippen LogP contribution >= 0.6 is 0 Å². The molecule has 0 bridgehead atoms. The second-order valence-corrected chi connectivity index (χ2v) is 5.75. The van der Waals surface area contributed by atoms with Gasteiger partial charge in [-0.15, -0.1) is 0 Å². The quantitative estimate of drug-likeness (QED) is 0.433. The molecule has 0 atom stereocenters. The lowest BCUT2D eigenvalue weighted by Crippen LogP contribution is -2.30. The Morgan fingerprint density at radius 3 is 2.63 bits per heavy atom. The number of methoxy groups -OCH3 is 1. The van der Waals surface area contributed by atoms with E-state index < -0.39 is 23.4 Å². The van der Waals surface area contributed by atoms with Crippen LogP contribution in [0.15, 0.2) is 42.5 Å². The van der Waals surface area contributed by atoms with Gasteiger partial charge in [0.05, 0.1) is 17.6 Å². The minimum atomic E-state index is -0.794. The van der Waals surface area contributed by atoms with E-state index in [1.807, 2.05) is 24.3 Å². The normalized spacial score (nSPS) is 10.1. The topological polar surface area (TPSA) is 108 Å². The van der Waals surface area contributed by atoms with Crippen LogP contribution in [0, 0.1) is 17.0 Å². The molecule has 0 aliphatic heterocycles. The highest BCUT2D eigenvalue weighted by Gasteiger charge is 2.16. The van der Waals surface area contributed by atoms with Gasteiger partial charge in [-0.25, -0.2) is 4.79 Å². The van der Waals surface area contributed by atoms with E-state index in [0.29, 0.717) is 18.5 Å². The number of ether oxygens (including phenoxy) is 2. The van der Waals surface area contributed by atoms with Crippen molar-refractivity contribution in [3.05, 3.63) is 69.3 Å². The molecule has 142 valence electrons. The lowest BCUT2D eigenvalue weighted by molar-refractivity contribution is -0.385. The molecule has 0 aliphatic rings. The van der Waals surface area contributed by atoms with E-state index in [9.17, 15) is 19.7 Å². The molecule has 2 aromatic carbocycles. The molecule has 0 spiro atoms. The summed E-state index contributed by atoms with van der Waals surface area (Å²) < 4.78 is 10.1. The van der Waals surface area contributed by atoms with Crippen LogP contribution in [0.3, 0.4) is 0 Å². The monoisotopic (exact) mass is 372 g/mol. The van der Waals surface area contributed by atoms with Crippen molar-refractivity contribution in [2.75, 3.05) is 20.3 Å². The fraction of sp³-hybridized carbons (Fsp3) is 0.263. The van der Waals surface area contributed by atoms with E-state index in [2.05, 4.69) is 5.32 Å². The van der Waals surface area contributed by atoms with Crippen LogP contribution in [0.1, 0.15) is 21.5 Å². The molecule has 0 heterocycles. The number of nitro benzene ring substituents is 1. The van der Waals surface area contributed by atoms with Gasteiger partial charge in [0.25, 0.3) is 11.6 Å². The molecular formula is C19H20N2O6. The first-order valence-corrected chi connectivity index (χ1v) is 8.23. The Labute approximate surface area is 156 Å². The number of para-hydroxylation sites is 1. The molecule has 8 heteroatoms. The number of nitrogens with zero attached hydrogens (tertiary/aromatic N) is 1. The molecule has 27 heavy (non-hydrogen) atoms. The Morgan fingerprint density at radius 2 is 1.93 bits per heavy atom. The number of esters is 1. The standard InChI is InChI=1S/C19H20N2O6/c1-13-7-8-15(11-16(13)21(24)25)19(23)27-12-18(22)20-10-9-14-5-3-4-6-17(14)26-2/h3-8,11H,9-10,12H2,1-2H3,(H,20,22). The first kappa shape index (κ1) is 19.9. The van der Waals surface area contributed by atoms with Crippen molar-refractivity contribution in [1.82, 2.24) is 5.32 Å². The number of rotatable bonds is 8. The number of hydrogen-bond donors (Lipinski definition) is 1. The van der Waals surface area contributed by atoms with Crippen molar-refractivity contribution in [1.29, 1.82) is 0 Å². The summed E-state index contributed by atoms with van der Waals surface area (Å²) in [5.41, 5.74) is 1.23. The van der Waals surface area contributed by atoms with Gasteiger partial charge in [0.2, 0.25) is 0 Å². The number of hydrogen-bond acceptors (Lipinski definition) is 6. The summed E-state index contributed by atoms with van der Waals surface area (Å²) in [6, 6.07) is 11.5. The third-order valence-electron chi connectivity index (χ3n) is 3.88. The van der Waals surface area contributed by atoms with Crippen LogP contribution in [0.4, 0.5) is 5.69 Å². The maximum Gasteiger partial charge on any atom is 0.338 e. The van der Waals surface area contributed by atoms with Gasteiger partial charge < -0.3 is 14.8 Å². The Balaban J connectivity index is 1.82. The van der Waals surface area contributed by atoms with Gasteiger partial charge >= 0.3 is 5.97 Å². The molecule has 0 saturated heterocycles. The number of amides is 1. The zero-order valence-corrected chi connectivity index (χ0v) is 15.1. The SMILES string of the molecule is COc1ccccc1CCNC(=O)COC(=O)c1ccc(C)c([N+](=O)[O-])c1. The van der Waals surface area contributed by atoms with Crippen LogP contribution in [-0.2, 0) is 16.0 Å². The number of carbonyl (C=O) groups is 2. The molecule has 1 N–H and O–H groups in total. The van der Waals surface area contributed by atoms with Crippen molar-refractivity contribution in [3.8, 4) is 5.75 Å². The van der Waals surface area contributed by atoms with Crippen molar-refractivity contribution in [2.24, 2.45) is 0 Å². The summed E-state index contributed by atoms with van der Waals surface area (Å²) >= 11 is 0. The van der Waals surface area contributed by atoms with E-state index in [1.54, 1.807) is 14.0 Å². The van der Waals surface area contributed by atoms with Crippen molar-refractivity contribution in [2.45, 2.75) is 13.3 Å². The highest BCUT2D eigenvalue weighted by atomic mass is 16.6. The predicted molar refractivity (Wildman–Crippen MR) is 97.8 cm³/mol. The van der Waals surface area contributed by atoms with Gasteiger partial charge in [-0.05, 0) is 31.0 Å². The summed E-state index contributed by atoms with van der Waals surface area (Å²) in [5, 5.41) is 13.6. The van der Waals surface area contributed by atoms with Crippen LogP contribution in [0.25, 0.3) is 0 Å². The Morgan fingerprint density at radius 1 is 1.19 bits per heavy atom. The number of aryl methyl sites for hydroxylation is 1. The largest absolute Gasteiger partial charge is 0.496 e. The minimum Gasteiger partial charge on any atom is -0.496 e. The molecule has 2 rings (SSSR count). The van der Waals surface area contributed by atoms with Gasteiger partial charge in [0.1, 0.15) is 5.75 Å². The zero-order valence-electron chi connectivity index (χ0n) is 15.1. The fourth-order valence-corrected chi connectivity index (χ4v) is 2.44. The second-order valence-electron chi connectivity index (χ2n) is 5.75. The first-order valence-electron chi connectivity index (χ1n) is 8.23. The van der Waals surface area contributed by atoms with Crippen LogP contribution < -0.4 is 10.1 Å². The van der Waals surface area contributed by atoms with Gasteiger partial charge in [0, 0.05) is 18.2 Å². The fourth-order valence-electron chi connectivity index (χ4n) is 2.44. The third kappa shape index (κ3) is 5.53. The molecule has 0 unspecified atom stereocenters. The first-order chi connectivity index (χ1) is 12.9. The van der Waals surface area contributed by atoms with Crippen molar-refractivity contribution < 1.29 is 24.0 Å². The highest BCUT2D eigenvalue weighted by molar-refractivity contribution is 5.92. The molecule has 8 nitrogen and oxygen atoms in total. The van der Waals surface area contributed by atoms with Crippen LogP contribution in [-0.4, -0.2) is 37.1 Å². The summed E-state index contributed by atoms with van der Waals surface area (Å²) in [6.45, 7) is 1.46. The van der Waals surface area contributed by atoms with Crippen molar-refractivity contribution >= 4 is 17.6 Å². The van der Waals surface area contributed by atoms with E-state index >= 15 is 0 Å². The van der Waals surface area contributed by atoms with Gasteiger partial charge in [-0.2, -0.15) is 0 Å². The molecule has 0 aromatic heterocycles. The number of nitro groups is 1. The maximum atomic E-state index is 12.0. The molecule has 0 saturated carbocycles. The van der Waals surface area contributed by atoms with Crippen molar-refractivity contribution in [3.63, 3.8) is 0 Å². The maximum absolute atomic E-state index is 12.0. The predicted octanol–water partition coefficient (Wildman–Crippen LogP) is 2.43. The smallest absolute Gasteiger partial charge is 0.338 e. The van der Waals surface area contributed by atoms with Gasteiger partial charge in [-0.1, -0.05) is 24.3 Å². The Hall–Kier alpha value is -3.42. The third-order valence-corrected chi connectivity index (χ3v) is 3.88. The summed E-state index contributed by atoms with van der Waals surface area (Å²) in [4.78, 5) is 34.1. The van der Waals surface area contributed by atoms with E-state index in [-0.39, 0.29) is 11.3 Å². The molecular weight excluding hydrogens is 352 g/mol. The average Bonchev–Trinajstić information content (AvgIpc) is 2.66. The van der Waals surface area contributed by atoms with Gasteiger partial charge in [0.15, 0.2) is 6.61 Å². The molecule has 0 aliphatic carbocycles. The Kier molecular flexibility index (Phi) is 6.87. The average molecular weight is 372 g/mol. The minimum absolute atomic E-state index is 0.0223. The summed E-state index contributed by atoms with van der Waals surface area (Å²) in [5.74, 6) is -0.517. The molecule has 2 aromatic rings. The molecule has 0 fully saturated rings. The van der Waals surface area contributed by atoms with E-state index in [1.165, 1.54) is 12.1 Å². The lowest BCUT2D eigenvalue weighted by atomic mass is 10.1. The molecule has 1 amide bonds. The molecule has 0 radical (unpaired) electrons. The lowest BCUT2D eigenvalue weighted by Gasteiger charge is -2.09. The number of nitrogens with one attached hydrogen (secondary N) is 1. The summed E-state index contributed by atoms with van der Waals surface area (Å²) in [6.07, 6.45) is 0.563. The number of benzene rings is 2. The van der Waals surface area contributed by atoms with E-state index in [0.717, 1.165) is 17.4 Å². The van der Waals surface area contributed by atoms with Gasteiger partial charge in [-0.3, -0.25) is 14.9 Å². The highest BCUT2D eigenvalue weighted by Crippen LogP contribution is 2.20. The Bertz CT molecular complexity index is 850. The second kappa shape index (κ2) is 9.33. The zero-order chi connectivity index (χ0) is 19.8. The van der Waals surface area contributed by atoms with Crippen LogP contribution in [0.2, 0.25) is 0 Å².